The normalized spacial score (nSPS) is 13.4. The van der Waals surface area contributed by atoms with E-state index in [2.05, 4.69) is 0 Å². The molecule has 1 aromatic rings. The number of hydrogen-bond donors (Lipinski definition) is 2. The van der Waals surface area contributed by atoms with Gasteiger partial charge < -0.3 is 10.8 Å². The summed E-state index contributed by atoms with van der Waals surface area (Å²) in [6.07, 6.45) is -4.27. The molecule has 0 bridgehead atoms. The van der Waals surface area contributed by atoms with Gasteiger partial charge in [0.05, 0.1) is 0 Å². The molecule has 13 heavy (non-hydrogen) atoms. The lowest BCUT2D eigenvalue weighted by atomic mass is 10.1. The zero-order valence-electron chi connectivity index (χ0n) is 6.55. The van der Waals surface area contributed by atoms with Crippen LogP contribution in [-0.2, 0) is 0 Å². The van der Waals surface area contributed by atoms with Crippen LogP contribution in [0.25, 0.3) is 0 Å². The minimum absolute atomic E-state index is 0.321. The Bertz CT molecular complexity index is 301. The first kappa shape index (κ1) is 10.0. The van der Waals surface area contributed by atoms with Gasteiger partial charge >= 0.3 is 0 Å². The second kappa shape index (κ2) is 3.76. The maximum absolute atomic E-state index is 12.8. The maximum Gasteiger partial charge on any atom is 0.263 e. The largest absolute Gasteiger partial charge is 0.374 e. The van der Waals surface area contributed by atoms with Gasteiger partial charge in [0, 0.05) is 11.1 Å². The van der Waals surface area contributed by atoms with E-state index in [1.807, 2.05) is 0 Å². The Kier molecular flexibility index (Phi) is 2.90. The van der Waals surface area contributed by atoms with Gasteiger partial charge in [-0.05, 0) is 12.1 Å². The summed E-state index contributed by atoms with van der Waals surface area (Å²) >= 11 is 0. The number of halogens is 3. The minimum Gasteiger partial charge on any atom is -0.374 e. The van der Waals surface area contributed by atoms with Gasteiger partial charge in [-0.3, -0.25) is 0 Å². The summed E-state index contributed by atoms with van der Waals surface area (Å²) in [7, 11) is 0. The molecule has 0 saturated heterocycles. The van der Waals surface area contributed by atoms with E-state index in [-0.39, 0.29) is 11.1 Å². The molecule has 0 aliphatic carbocycles. The van der Waals surface area contributed by atoms with E-state index >= 15 is 0 Å². The van der Waals surface area contributed by atoms with E-state index in [1.165, 1.54) is 0 Å². The van der Waals surface area contributed by atoms with E-state index in [0.717, 1.165) is 18.2 Å². The molecule has 0 radical (unpaired) electrons. The van der Waals surface area contributed by atoms with Crippen LogP contribution < -0.4 is 5.73 Å². The van der Waals surface area contributed by atoms with Gasteiger partial charge in [-0.25, -0.2) is 13.2 Å². The maximum atomic E-state index is 12.8. The number of aliphatic hydroxyl groups excluding tert-OH is 1. The third-order valence-electron chi connectivity index (χ3n) is 1.59. The van der Waals surface area contributed by atoms with E-state index in [0.29, 0.717) is 0 Å². The molecule has 0 aromatic heterocycles. The van der Waals surface area contributed by atoms with Crippen LogP contribution >= 0.6 is 0 Å². The fraction of sp³-hybridized carbons (Fsp3) is 0.250. The Balaban J connectivity index is 3.11. The highest BCUT2D eigenvalue weighted by Gasteiger charge is 2.13. The number of rotatable bonds is 2. The van der Waals surface area contributed by atoms with Gasteiger partial charge in [0.1, 0.15) is 12.0 Å². The van der Waals surface area contributed by atoms with Crippen molar-refractivity contribution in [3.8, 4) is 0 Å². The Morgan fingerprint density at radius 1 is 1.31 bits per heavy atom. The van der Waals surface area contributed by atoms with Crippen molar-refractivity contribution < 1.29 is 18.3 Å². The first-order valence-electron chi connectivity index (χ1n) is 3.53. The van der Waals surface area contributed by atoms with Crippen LogP contribution in [0.3, 0.4) is 0 Å². The van der Waals surface area contributed by atoms with Crippen molar-refractivity contribution in [2.75, 3.05) is 0 Å². The van der Waals surface area contributed by atoms with Crippen molar-refractivity contribution in [3.05, 3.63) is 35.1 Å². The van der Waals surface area contributed by atoms with Crippen molar-refractivity contribution in [1.82, 2.24) is 0 Å². The van der Waals surface area contributed by atoms with Crippen LogP contribution in [0.2, 0.25) is 0 Å². The third-order valence-corrected chi connectivity index (χ3v) is 1.59. The first-order valence-corrected chi connectivity index (χ1v) is 3.53. The van der Waals surface area contributed by atoms with Crippen molar-refractivity contribution in [1.29, 1.82) is 0 Å². The molecular weight excluding hydrogens is 183 g/mol. The molecule has 72 valence electrons. The van der Waals surface area contributed by atoms with Crippen LogP contribution in [0, 0.1) is 5.82 Å². The lowest BCUT2D eigenvalue weighted by Gasteiger charge is -2.08. The van der Waals surface area contributed by atoms with Crippen molar-refractivity contribution in [2.45, 2.75) is 12.7 Å². The zero-order valence-corrected chi connectivity index (χ0v) is 6.55. The van der Waals surface area contributed by atoms with Crippen molar-refractivity contribution >= 4 is 0 Å². The average molecular weight is 191 g/mol. The van der Waals surface area contributed by atoms with Gasteiger partial charge in [-0.1, -0.05) is 6.07 Å². The van der Waals surface area contributed by atoms with E-state index in [4.69, 9.17) is 10.8 Å². The van der Waals surface area contributed by atoms with Crippen LogP contribution in [0.5, 0.6) is 0 Å². The molecule has 0 aliphatic heterocycles. The monoisotopic (exact) mass is 191 g/mol. The van der Waals surface area contributed by atoms with Gasteiger partial charge in [-0.2, -0.15) is 0 Å². The molecule has 0 spiro atoms. The number of benzene rings is 1. The van der Waals surface area contributed by atoms with Crippen molar-refractivity contribution in [3.63, 3.8) is 0 Å². The Labute approximate surface area is 72.8 Å². The number of hydrogen-bond acceptors (Lipinski definition) is 2. The molecule has 0 aliphatic rings. The quantitative estimate of drug-likeness (QED) is 0.699. The third kappa shape index (κ3) is 2.19. The molecule has 5 heteroatoms. The number of nitrogens with two attached hydrogens (primary N) is 1. The standard InChI is InChI=1S/C8H8F3NO/c9-6-2-1-4(7(10)11)3-5(6)8(12)13/h1-3,7-8,13H,12H2/t8-/m0/s1. The van der Waals surface area contributed by atoms with Gasteiger partial charge in [-0.15, -0.1) is 0 Å². The zero-order chi connectivity index (χ0) is 10.0. The molecule has 0 unspecified atom stereocenters. The number of aliphatic hydroxyl groups is 1. The highest BCUT2D eigenvalue weighted by molar-refractivity contribution is 5.27. The minimum atomic E-state index is -2.70. The SMILES string of the molecule is N[C@@H](O)c1cc(C(F)F)ccc1F. The predicted octanol–water partition coefficient (Wildman–Crippen LogP) is 1.71. The Morgan fingerprint density at radius 3 is 2.38 bits per heavy atom. The summed E-state index contributed by atoms with van der Waals surface area (Å²) in [5.41, 5.74) is 4.27. The summed E-state index contributed by atoms with van der Waals surface area (Å²) in [6.45, 7) is 0. The van der Waals surface area contributed by atoms with E-state index in [1.54, 1.807) is 0 Å². The van der Waals surface area contributed by atoms with E-state index < -0.39 is 18.5 Å². The molecule has 0 saturated carbocycles. The molecular formula is C8H8F3NO. The lowest BCUT2D eigenvalue weighted by molar-refractivity contribution is 0.149. The molecule has 0 heterocycles. The highest BCUT2D eigenvalue weighted by Crippen LogP contribution is 2.23. The molecule has 0 amide bonds. The Morgan fingerprint density at radius 2 is 1.92 bits per heavy atom. The smallest absolute Gasteiger partial charge is 0.263 e. The summed E-state index contributed by atoms with van der Waals surface area (Å²) in [5.74, 6) is -0.792. The second-order valence-electron chi connectivity index (χ2n) is 2.53. The Hall–Kier alpha value is -1.07. The molecule has 3 N–H and O–H groups in total. The summed E-state index contributed by atoms with van der Waals surface area (Å²) in [4.78, 5) is 0. The topological polar surface area (TPSA) is 46.2 Å². The van der Waals surface area contributed by atoms with E-state index in [9.17, 15) is 13.2 Å². The van der Waals surface area contributed by atoms with Crippen LogP contribution in [0.1, 0.15) is 23.8 Å². The fourth-order valence-corrected chi connectivity index (χ4v) is 0.925. The highest BCUT2D eigenvalue weighted by atomic mass is 19.3. The number of alkyl halides is 2. The molecule has 1 aromatic carbocycles. The first-order chi connectivity index (χ1) is 6.02. The summed E-state index contributed by atoms with van der Waals surface area (Å²) in [5, 5.41) is 8.80. The summed E-state index contributed by atoms with van der Waals surface area (Å²) < 4.78 is 37.0. The average Bonchev–Trinajstić information content (AvgIpc) is 2.04. The van der Waals surface area contributed by atoms with Gasteiger partial charge in [0.15, 0.2) is 0 Å². The second-order valence-corrected chi connectivity index (χ2v) is 2.53. The lowest BCUT2D eigenvalue weighted by Crippen LogP contribution is -2.11. The van der Waals surface area contributed by atoms with Crippen molar-refractivity contribution in [2.24, 2.45) is 5.73 Å². The molecule has 0 fully saturated rings. The van der Waals surface area contributed by atoms with Crippen LogP contribution in [-0.4, -0.2) is 5.11 Å². The van der Waals surface area contributed by atoms with Crippen LogP contribution in [0.15, 0.2) is 18.2 Å². The fourth-order valence-electron chi connectivity index (χ4n) is 0.925. The summed E-state index contributed by atoms with van der Waals surface area (Å²) in [6, 6.07) is 2.66. The predicted molar refractivity (Wildman–Crippen MR) is 40.5 cm³/mol. The van der Waals surface area contributed by atoms with Crippen LogP contribution in [0.4, 0.5) is 13.2 Å². The molecule has 1 atom stereocenters. The molecule has 2 nitrogen and oxygen atoms in total. The van der Waals surface area contributed by atoms with Gasteiger partial charge in [0.25, 0.3) is 6.43 Å². The van der Waals surface area contributed by atoms with Gasteiger partial charge in [0.2, 0.25) is 0 Å². The molecule has 1 rings (SSSR count).